The van der Waals surface area contributed by atoms with Gasteiger partial charge in [0.2, 0.25) is 5.91 Å². The summed E-state index contributed by atoms with van der Waals surface area (Å²) < 4.78 is 29.2. The van der Waals surface area contributed by atoms with Crippen molar-refractivity contribution in [2.75, 3.05) is 33.0 Å². The number of carbonyl (C=O) groups is 1. The lowest BCUT2D eigenvalue weighted by Gasteiger charge is -2.31. The predicted molar refractivity (Wildman–Crippen MR) is 128 cm³/mol. The van der Waals surface area contributed by atoms with Crippen LogP contribution in [0, 0.1) is 11.8 Å². The quantitative estimate of drug-likeness (QED) is 0.199. The van der Waals surface area contributed by atoms with Gasteiger partial charge >= 0.3 is 0 Å². The second-order valence-electron chi connectivity index (χ2n) is 10.3. The van der Waals surface area contributed by atoms with Crippen LogP contribution in [-0.2, 0) is 28.5 Å². The van der Waals surface area contributed by atoms with Gasteiger partial charge in [-0.3, -0.25) is 4.79 Å². The monoisotopic (exact) mass is 481 g/mol. The molecule has 0 spiro atoms. The number of rotatable bonds is 12. The van der Waals surface area contributed by atoms with Crippen LogP contribution in [0.1, 0.15) is 52.9 Å². The van der Waals surface area contributed by atoms with E-state index in [-0.39, 0.29) is 41.8 Å². The number of hydrogen-bond acceptors (Lipinski definition) is 7. The summed E-state index contributed by atoms with van der Waals surface area (Å²) >= 11 is 4.72. The van der Waals surface area contributed by atoms with Gasteiger partial charge in [-0.15, -0.1) is 12.6 Å². The minimum absolute atomic E-state index is 0.0112. The molecular formula is C25H39NO6S. The van der Waals surface area contributed by atoms with Gasteiger partial charge < -0.3 is 28.6 Å². The molecule has 0 aromatic rings. The zero-order valence-corrected chi connectivity index (χ0v) is 21.1. The molecule has 0 N–H and O–H groups in total. The minimum atomic E-state index is -0.649. The fourth-order valence-electron chi connectivity index (χ4n) is 5.08. The van der Waals surface area contributed by atoms with Crippen LogP contribution in [0.15, 0.2) is 24.4 Å². The third-order valence-corrected chi connectivity index (χ3v) is 7.47. The van der Waals surface area contributed by atoms with Crippen molar-refractivity contribution in [3.05, 3.63) is 24.4 Å². The molecule has 1 amide bonds. The van der Waals surface area contributed by atoms with Gasteiger partial charge in [0.25, 0.3) is 0 Å². The Balaban J connectivity index is 1.13. The van der Waals surface area contributed by atoms with E-state index in [1.807, 2.05) is 17.9 Å². The van der Waals surface area contributed by atoms with Crippen molar-refractivity contribution in [3.8, 4) is 0 Å². The van der Waals surface area contributed by atoms with Gasteiger partial charge in [0.05, 0.1) is 43.5 Å². The molecule has 0 radical (unpaired) electrons. The number of hydrogen-bond donors (Lipinski definition) is 1. The first-order chi connectivity index (χ1) is 15.7. The number of ether oxygens (including phenoxy) is 5. The molecule has 0 aromatic carbocycles. The van der Waals surface area contributed by atoms with Crippen molar-refractivity contribution in [1.29, 1.82) is 0 Å². The molecule has 33 heavy (non-hydrogen) atoms. The summed E-state index contributed by atoms with van der Waals surface area (Å²) in [5.74, 6) is 0.0683. The highest BCUT2D eigenvalue weighted by atomic mass is 32.1. The maximum Gasteiger partial charge on any atom is 0.233 e. The molecule has 0 saturated carbocycles. The molecule has 4 heterocycles. The second kappa shape index (κ2) is 10.4. The summed E-state index contributed by atoms with van der Waals surface area (Å²) in [6.45, 7) is 13.1. The number of carbonyl (C=O) groups excluding carboxylic acids is 1. The molecule has 7 nitrogen and oxygen atoms in total. The molecule has 6 atom stereocenters. The van der Waals surface area contributed by atoms with E-state index in [0.717, 1.165) is 38.0 Å². The van der Waals surface area contributed by atoms with Crippen LogP contribution in [0.4, 0.5) is 0 Å². The van der Waals surface area contributed by atoms with Crippen molar-refractivity contribution < 1.29 is 28.5 Å². The van der Waals surface area contributed by atoms with Crippen molar-refractivity contribution in [2.45, 2.75) is 81.9 Å². The maximum absolute atomic E-state index is 12.9. The van der Waals surface area contributed by atoms with E-state index in [9.17, 15) is 4.79 Å². The summed E-state index contributed by atoms with van der Waals surface area (Å²) in [4.78, 5) is 14.1. The van der Waals surface area contributed by atoms with Gasteiger partial charge in [0.1, 0.15) is 4.93 Å². The number of amides is 1. The van der Waals surface area contributed by atoms with E-state index >= 15 is 0 Å². The number of thiol groups is 1. The zero-order valence-electron chi connectivity index (χ0n) is 20.2. The Hall–Kier alpha value is -0.900. The lowest BCUT2D eigenvalue weighted by atomic mass is 9.84. The lowest BCUT2D eigenvalue weighted by Crippen LogP contribution is -2.36. The molecule has 4 rings (SSSR count). The topological polar surface area (TPSA) is 66.5 Å². The third-order valence-electron chi connectivity index (χ3n) is 7.12. The summed E-state index contributed by atoms with van der Waals surface area (Å²) in [5.41, 5.74) is 0.533. The van der Waals surface area contributed by atoms with E-state index in [0.29, 0.717) is 32.8 Å². The van der Waals surface area contributed by atoms with Gasteiger partial charge in [-0.25, -0.2) is 0 Å². The molecule has 186 valence electrons. The highest BCUT2D eigenvalue weighted by molar-refractivity contribution is 7.81. The molecular weight excluding hydrogens is 442 g/mol. The first-order valence-corrected chi connectivity index (χ1v) is 12.7. The SMILES string of the molecule is C=C1C2C3C=CC(O3)C2C(=O)N1CCC(C)(S)OCCC(C)(C)OCCOC1CCCCO1. The molecule has 6 unspecified atom stereocenters. The Kier molecular flexibility index (Phi) is 7.93. The molecule has 0 aliphatic carbocycles. The Morgan fingerprint density at radius 1 is 1.09 bits per heavy atom. The summed E-state index contributed by atoms with van der Waals surface area (Å²) in [5, 5.41) is 0. The highest BCUT2D eigenvalue weighted by Crippen LogP contribution is 2.49. The number of likely N-dealkylation sites (tertiary alicyclic amines) is 1. The molecule has 2 bridgehead atoms. The predicted octanol–water partition coefficient (Wildman–Crippen LogP) is 3.69. The molecule has 4 aliphatic heterocycles. The average Bonchev–Trinajstić information content (AvgIpc) is 3.44. The van der Waals surface area contributed by atoms with Crippen LogP contribution in [0.3, 0.4) is 0 Å². The molecule has 8 heteroatoms. The van der Waals surface area contributed by atoms with E-state index in [2.05, 4.69) is 26.5 Å². The van der Waals surface area contributed by atoms with Gasteiger partial charge in [-0.1, -0.05) is 18.7 Å². The van der Waals surface area contributed by atoms with Crippen molar-refractivity contribution >= 4 is 18.5 Å². The van der Waals surface area contributed by atoms with Gasteiger partial charge in [-0.05, 0) is 46.5 Å². The first kappa shape index (κ1) is 25.2. The van der Waals surface area contributed by atoms with Crippen molar-refractivity contribution in [1.82, 2.24) is 4.90 Å². The molecule has 3 fully saturated rings. The highest BCUT2D eigenvalue weighted by Gasteiger charge is 2.57. The number of nitrogens with zero attached hydrogens (tertiary/aromatic N) is 1. The lowest BCUT2D eigenvalue weighted by molar-refractivity contribution is -0.176. The van der Waals surface area contributed by atoms with Gasteiger partial charge in [0, 0.05) is 31.2 Å². The van der Waals surface area contributed by atoms with E-state index in [1.165, 1.54) is 0 Å². The van der Waals surface area contributed by atoms with Crippen LogP contribution < -0.4 is 0 Å². The Morgan fingerprint density at radius 2 is 1.85 bits per heavy atom. The van der Waals surface area contributed by atoms with E-state index < -0.39 is 4.93 Å². The third kappa shape index (κ3) is 6.03. The Bertz CT molecular complexity index is 717. The standard InChI is InChI=1S/C25H39NO6S/c1-17-21-18-8-9-19(32-18)22(21)23(27)26(17)12-10-25(4,33)31-14-11-24(2,3)30-16-15-29-20-7-5-6-13-28-20/h8-9,18-22,33H,1,5-7,10-16H2,2-4H3. The van der Waals surface area contributed by atoms with Crippen LogP contribution in [0.2, 0.25) is 0 Å². The molecule has 0 aromatic heterocycles. The number of fused-ring (bicyclic) bond motifs is 5. The zero-order chi connectivity index (χ0) is 23.6. The van der Waals surface area contributed by atoms with Crippen LogP contribution in [0.5, 0.6) is 0 Å². The largest absolute Gasteiger partial charge is 0.373 e. The molecule has 4 aliphatic rings. The van der Waals surface area contributed by atoms with Gasteiger partial charge in [0.15, 0.2) is 6.29 Å². The Morgan fingerprint density at radius 3 is 2.55 bits per heavy atom. The van der Waals surface area contributed by atoms with Crippen LogP contribution in [-0.4, -0.2) is 72.8 Å². The summed E-state index contributed by atoms with van der Waals surface area (Å²) in [6.07, 6.45) is 8.44. The fraction of sp³-hybridized carbons (Fsp3) is 0.800. The average molecular weight is 482 g/mol. The van der Waals surface area contributed by atoms with Crippen LogP contribution >= 0.6 is 12.6 Å². The molecule has 3 saturated heterocycles. The van der Waals surface area contributed by atoms with Crippen molar-refractivity contribution in [3.63, 3.8) is 0 Å². The minimum Gasteiger partial charge on any atom is -0.373 e. The first-order valence-electron chi connectivity index (χ1n) is 12.2. The van der Waals surface area contributed by atoms with E-state index in [4.69, 9.17) is 36.3 Å². The summed E-state index contributed by atoms with van der Waals surface area (Å²) in [6, 6.07) is 0. The second-order valence-corrected chi connectivity index (χ2v) is 11.2. The summed E-state index contributed by atoms with van der Waals surface area (Å²) in [7, 11) is 0. The van der Waals surface area contributed by atoms with Crippen molar-refractivity contribution in [2.24, 2.45) is 11.8 Å². The smallest absolute Gasteiger partial charge is 0.233 e. The van der Waals surface area contributed by atoms with Gasteiger partial charge in [-0.2, -0.15) is 0 Å². The normalized spacial score (nSPS) is 33.1. The van der Waals surface area contributed by atoms with E-state index in [1.54, 1.807) is 0 Å². The fourth-order valence-corrected chi connectivity index (χ4v) is 5.27. The van der Waals surface area contributed by atoms with Crippen LogP contribution in [0.25, 0.3) is 0 Å². The Labute approximate surface area is 203 Å². The maximum atomic E-state index is 12.9.